The molecular weight excluding hydrogens is 382 g/mol. The van der Waals surface area contributed by atoms with Crippen LogP contribution in [0.4, 0.5) is 10.6 Å². The molecule has 30 heavy (non-hydrogen) atoms. The number of carboxylic acid groups (broad SMARTS) is 1. The molecule has 7 nitrogen and oxygen atoms in total. The van der Waals surface area contributed by atoms with E-state index in [1.54, 1.807) is 11.6 Å². The summed E-state index contributed by atoms with van der Waals surface area (Å²) in [5.41, 5.74) is 5.05. The topological polar surface area (TPSA) is 84.7 Å². The van der Waals surface area contributed by atoms with Gasteiger partial charge in [-0.2, -0.15) is 5.10 Å². The number of fused-ring (bicyclic) bond motifs is 4. The van der Waals surface area contributed by atoms with Crippen molar-refractivity contribution in [2.45, 2.75) is 25.8 Å². The summed E-state index contributed by atoms with van der Waals surface area (Å²) in [7, 11) is 0. The van der Waals surface area contributed by atoms with Gasteiger partial charge in [0, 0.05) is 19.0 Å². The number of anilines is 1. The average molecular weight is 403 g/mol. The van der Waals surface area contributed by atoms with Crippen LogP contribution in [0, 0.1) is 6.92 Å². The molecule has 2 aliphatic rings. The third-order valence-corrected chi connectivity index (χ3v) is 5.88. The van der Waals surface area contributed by atoms with Crippen molar-refractivity contribution in [2.24, 2.45) is 0 Å². The van der Waals surface area contributed by atoms with Crippen LogP contribution in [-0.4, -0.2) is 40.1 Å². The molecule has 0 saturated heterocycles. The number of aromatic nitrogens is 2. The molecule has 0 saturated carbocycles. The first-order valence-corrected chi connectivity index (χ1v) is 9.99. The fraction of sp³-hybridized carbons (Fsp3) is 0.261. The standard InChI is InChI=1S/C23H21N3O4/c1-14-20(22(27)28)21-25(11-6-12-26(21)24-14)23(29)30-13-19-17-9-4-2-7-15(17)16-8-3-5-10-18(16)19/h2-5,7-10,19H,6,11-13H2,1H3,(H,27,28). The lowest BCUT2D eigenvalue weighted by atomic mass is 9.98. The molecule has 1 amide bonds. The normalized spacial score (nSPS) is 14.8. The van der Waals surface area contributed by atoms with Gasteiger partial charge in [0.05, 0.1) is 5.69 Å². The maximum atomic E-state index is 13.0. The molecule has 3 aromatic rings. The fourth-order valence-electron chi connectivity index (χ4n) is 4.58. The van der Waals surface area contributed by atoms with Crippen LogP contribution >= 0.6 is 0 Å². The van der Waals surface area contributed by atoms with E-state index in [4.69, 9.17) is 4.74 Å². The van der Waals surface area contributed by atoms with E-state index in [9.17, 15) is 14.7 Å². The summed E-state index contributed by atoms with van der Waals surface area (Å²) < 4.78 is 7.32. The zero-order chi connectivity index (χ0) is 20.8. The molecule has 2 aromatic carbocycles. The quantitative estimate of drug-likeness (QED) is 0.713. The number of aryl methyl sites for hydroxylation is 2. The highest BCUT2D eigenvalue weighted by molar-refractivity contribution is 6.00. The molecule has 1 aliphatic heterocycles. The van der Waals surface area contributed by atoms with Gasteiger partial charge in [0.25, 0.3) is 0 Å². The summed E-state index contributed by atoms with van der Waals surface area (Å²) in [6, 6.07) is 16.3. The zero-order valence-corrected chi connectivity index (χ0v) is 16.5. The van der Waals surface area contributed by atoms with Gasteiger partial charge < -0.3 is 9.84 Å². The molecule has 5 rings (SSSR count). The second-order valence-corrected chi connectivity index (χ2v) is 7.62. The van der Waals surface area contributed by atoms with E-state index in [2.05, 4.69) is 29.4 Å². The number of amides is 1. The molecule has 2 heterocycles. The lowest BCUT2D eigenvalue weighted by molar-refractivity contribution is 0.0696. The Morgan fingerprint density at radius 2 is 1.70 bits per heavy atom. The van der Waals surface area contributed by atoms with Crippen LogP contribution in [0.3, 0.4) is 0 Å². The molecule has 0 atom stereocenters. The summed E-state index contributed by atoms with van der Waals surface area (Å²) in [6.45, 7) is 2.82. The fourth-order valence-corrected chi connectivity index (χ4v) is 4.58. The van der Waals surface area contributed by atoms with Crippen molar-refractivity contribution in [3.05, 3.63) is 70.9 Å². The average Bonchev–Trinajstić information content (AvgIpc) is 3.26. The SMILES string of the molecule is Cc1nn2c(c1C(=O)O)N(C(=O)OCC1c3ccccc3-c3ccccc31)CCC2. The zero-order valence-electron chi connectivity index (χ0n) is 16.5. The largest absolute Gasteiger partial charge is 0.477 e. The van der Waals surface area contributed by atoms with Gasteiger partial charge in [-0.25, -0.2) is 14.3 Å². The molecule has 1 aliphatic carbocycles. The molecule has 1 aromatic heterocycles. The molecular formula is C23H21N3O4. The number of hydrogen-bond acceptors (Lipinski definition) is 4. The van der Waals surface area contributed by atoms with Crippen molar-refractivity contribution in [2.75, 3.05) is 18.1 Å². The Balaban J connectivity index is 1.42. The minimum Gasteiger partial charge on any atom is -0.477 e. The van der Waals surface area contributed by atoms with Crippen LogP contribution in [0.25, 0.3) is 11.1 Å². The summed E-state index contributed by atoms with van der Waals surface area (Å²) in [6.07, 6.45) is 0.150. The van der Waals surface area contributed by atoms with Gasteiger partial charge in [0.2, 0.25) is 0 Å². The van der Waals surface area contributed by atoms with Crippen molar-refractivity contribution >= 4 is 17.9 Å². The number of benzene rings is 2. The first kappa shape index (κ1) is 18.4. The second-order valence-electron chi connectivity index (χ2n) is 7.62. The maximum absolute atomic E-state index is 13.0. The van der Waals surface area contributed by atoms with E-state index in [-0.39, 0.29) is 18.1 Å². The molecule has 0 unspecified atom stereocenters. The predicted molar refractivity (Wildman–Crippen MR) is 111 cm³/mol. The number of carbonyl (C=O) groups excluding carboxylic acids is 1. The Kier molecular flexibility index (Phi) is 4.31. The smallest absolute Gasteiger partial charge is 0.415 e. The van der Waals surface area contributed by atoms with Crippen molar-refractivity contribution in [3.63, 3.8) is 0 Å². The number of rotatable bonds is 3. The van der Waals surface area contributed by atoms with Crippen LogP contribution in [0.15, 0.2) is 48.5 Å². The van der Waals surface area contributed by atoms with Gasteiger partial charge >= 0.3 is 12.1 Å². The number of nitrogens with zero attached hydrogens (tertiary/aromatic N) is 3. The highest BCUT2D eigenvalue weighted by Crippen LogP contribution is 2.44. The van der Waals surface area contributed by atoms with Gasteiger partial charge in [-0.3, -0.25) is 4.90 Å². The first-order valence-electron chi connectivity index (χ1n) is 9.99. The van der Waals surface area contributed by atoms with Crippen molar-refractivity contribution in [1.29, 1.82) is 0 Å². The molecule has 7 heteroatoms. The van der Waals surface area contributed by atoms with Gasteiger partial charge in [-0.1, -0.05) is 48.5 Å². The monoisotopic (exact) mass is 403 g/mol. The number of carboxylic acids is 1. The number of aromatic carboxylic acids is 1. The number of hydrogen-bond donors (Lipinski definition) is 1. The Bertz CT molecular complexity index is 1120. The van der Waals surface area contributed by atoms with E-state index < -0.39 is 12.1 Å². The van der Waals surface area contributed by atoms with Crippen molar-refractivity contribution < 1.29 is 19.4 Å². The summed E-state index contributed by atoms with van der Waals surface area (Å²) >= 11 is 0. The Hall–Kier alpha value is -3.61. The lowest BCUT2D eigenvalue weighted by Gasteiger charge is -2.28. The lowest BCUT2D eigenvalue weighted by Crippen LogP contribution is -2.39. The van der Waals surface area contributed by atoms with Crippen molar-refractivity contribution in [3.8, 4) is 11.1 Å². The van der Waals surface area contributed by atoms with Gasteiger partial charge in [0.1, 0.15) is 12.2 Å². The molecule has 0 radical (unpaired) electrons. The number of ether oxygens (including phenoxy) is 1. The van der Waals surface area contributed by atoms with E-state index in [0.717, 1.165) is 22.3 Å². The van der Waals surface area contributed by atoms with Crippen LogP contribution < -0.4 is 4.90 Å². The summed E-state index contributed by atoms with van der Waals surface area (Å²) in [5, 5.41) is 13.9. The van der Waals surface area contributed by atoms with E-state index >= 15 is 0 Å². The van der Waals surface area contributed by atoms with Crippen LogP contribution in [0.1, 0.15) is 39.5 Å². The minimum absolute atomic E-state index is 0.0447. The van der Waals surface area contributed by atoms with E-state index in [1.165, 1.54) is 4.90 Å². The van der Waals surface area contributed by atoms with Crippen LogP contribution in [0.2, 0.25) is 0 Å². The first-order chi connectivity index (χ1) is 14.6. The molecule has 0 fully saturated rings. The van der Waals surface area contributed by atoms with E-state index in [1.807, 2.05) is 24.3 Å². The molecule has 0 spiro atoms. The Labute approximate surface area is 173 Å². The number of carbonyl (C=O) groups is 2. The maximum Gasteiger partial charge on any atom is 0.415 e. The van der Waals surface area contributed by atoms with Crippen molar-refractivity contribution in [1.82, 2.24) is 9.78 Å². The predicted octanol–water partition coefficient (Wildman–Crippen LogP) is 4.05. The van der Waals surface area contributed by atoms with Gasteiger partial charge in [0.15, 0.2) is 5.82 Å². The van der Waals surface area contributed by atoms with Crippen LogP contribution in [0.5, 0.6) is 0 Å². The Morgan fingerprint density at radius 1 is 1.07 bits per heavy atom. The third-order valence-electron chi connectivity index (χ3n) is 5.88. The van der Waals surface area contributed by atoms with Gasteiger partial charge in [-0.05, 0) is 35.6 Å². The van der Waals surface area contributed by atoms with E-state index in [0.29, 0.717) is 31.0 Å². The van der Waals surface area contributed by atoms with Gasteiger partial charge in [-0.15, -0.1) is 0 Å². The highest BCUT2D eigenvalue weighted by atomic mass is 16.6. The molecule has 152 valence electrons. The minimum atomic E-state index is -1.09. The second kappa shape index (κ2) is 7.02. The molecule has 0 bridgehead atoms. The third kappa shape index (κ3) is 2.77. The Morgan fingerprint density at radius 3 is 2.33 bits per heavy atom. The summed E-state index contributed by atoms with van der Waals surface area (Å²) in [4.78, 5) is 26.1. The highest BCUT2D eigenvalue weighted by Gasteiger charge is 2.34. The summed E-state index contributed by atoms with van der Waals surface area (Å²) in [5.74, 6) is -0.827. The molecule has 1 N–H and O–H groups in total. The van der Waals surface area contributed by atoms with Crippen LogP contribution in [-0.2, 0) is 11.3 Å².